The van der Waals surface area contributed by atoms with Crippen molar-refractivity contribution in [3.63, 3.8) is 0 Å². The zero-order chi connectivity index (χ0) is 15.9. The van der Waals surface area contributed by atoms with Gasteiger partial charge in [0.2, 0.25) is 0 Å². The van der Waals surface area contributed by atoms with Crippen molar-refractivity contribution in [2.75, 3.05) is 6.61 Å². The number of hydrogen-bond acceptors (Lipinski definition) is 3. The number of rotatable bonds is 7. The molecule has 1 aromatic rings. The Balaban J connectivity index is 1.85. The molecule has 2 rings (SSSR count). The summed E-state index contributed by atoms with van der Waals surface area (Å²) in [5.74, 6) is -0.766. The van der Waals surface area contributed by atoms with Gasteiger partial charge in [0, 0.05) is 0 Å². The van der Waals surface area contributed by atoms with E-state index >= 15 is 0 Å². The van der Waals surface area contributed by atoms with Gasteiger partial charge in [-0.25, -0.2) is 9.59 Å². The van der Waals surface area contributed by atoms with Crippen LogP contribution < -0.4 is 5.32 Å². The second-order valence-electron chi connectivity index (χ2n) is 5.80. The summed E-state index contributed by atoms with van der Waals surface area (Å²) in [6, 6.07) is 7.27. The van der Waals surface area contributed by atoms with Crippen molar-refractivity contribution >= 4 is 12.1 Å². The summed E-state index contributed by atoms with van der Waals surface area (Å²) >= 11 is 0. The van der Waals surface area contributed by atoms with Crippen molar-refractivity contribution in [1.82, 2.24) is 5.32 Å². The van der Waals surface area contributed by atoms with Crippen molar-refractivity contribution < 1.29 is 19.4 Å². The summed E-state index contributed by atoms with van der Waals surface area (Å²) in [5.41, 5.74) is 2.56. The number of unbranched alkanes of at least 4 members (excludes halogenated alkanes) is 1. The smallest absolute Gasteiger partial charge is 0.407 e. The monoisotopic (exact) mass is 305 g/mol. The van der Waals surface area contributed by atoms with E-state index in [1.165, 1.54) is 11.1 Å². The molecule has 5 nitrogen and oxygen atoms in total. The molecule has 1 aliphatic rings. The Kier molecular flexibility index (Phi) is 5.81. The molecule has 0 aromatic heterocycles. The van der Waals surface area contributed by atoms with Gasteiger partial charge in [-0.3, -0.25) is 0 Å². The van der Waals surface area contributed by atoms with Gasteiger partial charge < -0.3 is 15.2 Å². The van der Waals surface area contributed by atoms with Gasteiger partial charge >= 0.3 is 12.1 Å². The highest BCUT2D eigenvalue weighted by Crippen LogP contribution is 2.29. The van der Waals surface area contributed by atoms with E-state index < -0.39 is 18.1 Å². The van der Waals surface area contributed by atoms with Crippen LogP contribution in [0.4, 0.5) is 4.79 Å². The summed E-state index contributed by atoms with van der Waals surface area (Å²) in [6.07, 6.45) is 3.22. The van der Waals surface area contributed by atoms with Gasteiger partial charge in [-0.15, -0.1) is 0 Å². The van der Waals surface area contributed by atoms with Crippen molar-refractivity contribution in [3.05, 3.63) is 35.4 Å². The predicted octanol–water partition coefficient (Wildman–Crippen LogP) is 2.77. The van der Waals surface area contributed by atoms with Gasteiger partial charge in [0.25, 0.3) is 0 Å². The summed E-state index contributed by atoms with van der Waals surface area (Å²) in [6.45, 7) is 2.32. The van der Waals surface area contributed by atoms with Crippen LogP contribution in [0, 0.1) is 5.92 Å². The van der Waals surface area contributed by atoms with E-state index in [2.05, 4.69) is 17.4 Å². The summed E-state index contributed by atoms with van der Waals surface area (Å²) < 4.78 is 4.98. The molecule has 22 heavy (non-hydrogen) atoms. The number of aliphatic carboxylic acids is 1. The van der Waals surface area contributed by atoms with Crippen molar-refractivity contribution in [3.8, 4) is 0 Å². The maximum atomic E-state index is 11.6. The van der Waals surface area contributed by atoms with E-state index in [1.807, 2.05) is 19.1 Å². The van der Waals surface area contributed by atoms with E-state index in [1.54, 1.807) is 0 Å². The van der Waals surface area contributed by atoms with E-state index in [9.17, 15) is 14.7 Å². The molecule has 1 aromatic carbocycles. The lowest BCUT2D eigenvalue weighted by Gasteiger charge is -2.18. The Labute approximate surface area is 130 Å². The molecule has 1 unspecified atom stereocenters. The van der Waals surface area contributed by atoms with Crippen LogP contribution in [-0.4, -0.2) is 29.8 Å². The number of ether oxygens (including phenoxy) is 1. The fraction of sp³-hybridized carbons (Fsp3) is 0.529. The third-order valence-corrected chi connectivity index (χ3v) is 4.03. The standard InChI is InChI=1S/C17H23NO4/c1-2-3-8-22-17(21)18-15(16(19)20)11-12-9-13-6-4-5-7-14(13)10-12/h4-7,12,15H,2-3,8-11H2,1H3,(H,18,21)(H,19,20). The Hall–Kier alpha value is -2.04. The molecule has 0 spiro atoms. The quantitative estimate of drug-likeness (QED) is 0.760. The Morgan fingerprint density at radius 3 is 2.50 bits per heavy atom. The van der Waals surface area contributed by atoms with Gasteiger partial charge in [-0.05, 0) is 42.7 Å². The third-order valence-electron chi connectivity index (χ3n) is 4.03. The Morgan fingerprint density at radius 2 is 1.95 bits per heavy atom. The van der Waals surface area contributed by atoms with Crippen molar-refractivity contribution in [2.24, 2.45) is 5.92 Å². The second kappa shape index (κ2) is 7.82. The number of carboxylic acid groups (broad SMARTS) is 1. The number of hydrogen-bond donors (Lipinski definition) is 2. The van der Waals surface area contributed by atoms with Crippen LogP contribution in [0.15, 0.2) is 24.3 Å². The minimum atomic E-state index is -1.01. The van der Waals surface area contributed by atoms with Gasteiger partial charge in [0.1, 0.15) is 6.04 Å². The lowest BCUT2D eigenvalue weighted by Crippen LogP contribution is -2.42. The lowest BCUT2D eigenvalue weighted by atomic mass is 9.97. The molecule has 1 atom stereocenters. The highest BCUT2D eigenvalue weighted by Gasteiger charge is 2.28. The fourth-order valence-electron chi connectivity index (χ4n) is 2.86. The molecule has 0 heterocycles. The van der Waals surface area contributed by atoms with Crippen LogP contribution in [-0.2, 0) is 22.4 Å². The number of carbonyl (C=O) groups is 2. The molecule has 0 aliphatic heterocycles. The first-order valence-electron chi connectivity index (χ1n) is 7.83. The number of benzene rings is 1. The molecule has 2 N–H and O–H groups in total. The van der Waals surface area contributed by atoms with Crippen LogP contribution in [0.25, 0.3) is 0 Å². The SMILES string of the molecule is CCCCOC(=O)NC(CC1Cc2ccccc2C1)C(=O)O. The maximum Gasteiger partial charge on any atom is 0.407 e. The number of alkyl carbamates (subject to hydrolysis) is 1. The van der Waals surface area contributed by atoms with Crippen LogP contribution in [0.3, 0.4) is 0 Å². The van der Waals surface area contributed by atoms with Gasteiger partial charge in [-0.1, -0.05) is 37.6 Å². The highest BCUT2D eigenvalue weighted by atomic mass is 16.5. The first-order chi connectivity index (χ1) is 10.6. The van der Waals surface area contributed by atoms with Crippen molar-refractivity contribution in [2.45, 2.75) is 45.1 Å². The number of nitrogens with one attached hydrogen (secondary N) is 1. The van der Waals surface area contributed by atoms with Crippen LogP contribution >= 0.6 is 0 Å². The molecular weight excluding hydrogens is 282 g/mol. The van der Waals surface area contributed by atoms with Gasteiger partial charge in [0.05, 0.1) is 6.61 Å². The lowest BCUT2D eigenvalue weighted by molar-refractivity contribution is -0.139. The zero-order valence-electron chi connectivity index (χ0n) is 12.9. The molecule has 1 amide bonds. The molecule has 5 heteroatoms. The number of fused-ring (bicyclic) bond motifs is 1. The molecule has 0 fully saturated rings. The van der Waals surface area contributed by atoms with Crippen LogP contribution in [0.2, 0.25) is 0 Å². The van der Waals surface area contributed by atoms with E-state index in [0.29, 0.717) is 13.0 Å². The molecule has 0 bridgehead atoms. The van der Waals surface area contributed by atoms with Crippen LogP contribution in [0.1, 0.15) is 37.3 Å². The van der Waals surface area contributed by atoms with Crippen molar-refractivity contribution in [1.29, 1.82) is 0 Å². The normalized spacial score (nSPS) is 15.1. The molecule has 0 saturated carbocycles. The minimum absolute atomic E-state index is 0.245. The topological polar surface area (TPSA) is 75.6 Å². The summed E-state index contributed by atoms with van der Waals surface area (Å²) in [7, 11) is 0. The van der Waals surface area contributed by atoms with E-state index in [-0.39, 0.29) is 5.92 Å². The van der Waals surface area contributed by atoms with Gasteiger partial charge in [0.15, 0.2) is 0 Å². The van der Waals surface area contributed by atoms with Crippen LogP contribution in [0.5, 0.6) is 0 Å². The number of carboxylic acids is 1. The Bertz CT molecular complexity index is 504. The first-order valence-corrected chi connectivity index (χ1v) is 7.83. The highest BCUT2D eigenvalue weighted by molar-refractivity contribution is 5.79. The average molecular weight is 305 g/mol. The maximum absolute atomic E-state index is 11.6. The minimum Gasteiger partial charge on any atom is -0.480 e. The largest absolute Gasteiger partial charge is 0.480 e. The fourth-order valence-corrected chi connectivity index (χ4v) is 2.86. The molecule has 120 valence electrons. The number of carbonyl (C=O) groups excluding carboxylic acids is 1. The third kappa shape index (κ3) is 4.48. The Morgan fingerprint density at radius 1 is 1.32 bits per heavy atom. The van der Waals surface area contributed by atoms with Gasteiger partial charge in [-0.2, -0.15) is 0 Å². The summed E-state index contributed by atoms with van der Waals surface area (Å²) in [4.78, 5) is 23.0. The average Bonchev–Trinajstić information content (AvgIpc) is 2.89. The molecular formula is C17H23NO4. The zero-order valence-corrected chi connectivity index (χ0v) is 12.9. The summed E-state index contributed by atoms with van der Waals surface area (Å²) in [5, 5.41) is 11.8. The molecule has 0 saturated heterocycles. The van der Waals surface area contributed by atoms with E-state index in [0.717, 1.165) is 25.7 Å². The molecule has 0 radical (unpaired) electrons. The van der Waals surface area contributed by atoms with E-state index in [4.69, 9.17) is 4.74 Å². The number of amides is 1. The molecule has 1 aliphatic carbocycles. The predicted molar refractivity (Wildman–Crippen MR) is 82.8 cm³/mol. The second-order valence-corrected chi connectivity index (χ2v) is 5.80. The first kappa shape index (κ1) is 16.3.